The lowest BCUT2D eigenvalue weighted by atomic mass is 9.85. The minimum absolute atomic E-state index is 0.0980. The number of anilines is 1. The summed E-state index contributed by atoms with van der Waals surface area (Å²) >= 11 is 1.42. The minimum atomic E-state index is -0.776. The molecule has 2 aliphatic rings. The van der Waals surface area contributed by atoms with Gasteiger partial charge in [0.1, 0.15) is 5.00 Å². The predicted octanol–water partition coefficient (Wildman–Crippen LogP) is 2.15. The highest BCUT2D eigenvalue weighted by Crippen LogP contribution is 2.33. The van der Waals surface area contributed by atoms with Crippen LogP contribution in [0.4, 0.5) is 9.80 Å². The summed E-state index contributed by atoms with van der Waals surface area (Å²) in [5.74, 6) is -0.111. The van der Waals surface area contributed by atoms with Crippen molar-refractivity contribution in [2.45, 2.75) is 51.1 Å². The van der Waals surface area contributed by atoms with E-state index in [0.717, 1.165) is 36.5 Å². The summed E-state index contributed by atoms with van der Waals surface area (Å²) in [4.78, 5) is 29.4. The lowest BCUT2D eigenvalue weighted by Crippen LogP contribution is -2.55. The first kappa shape index (κ1) is 17.2. The van der Waals surface area contributed by atoms with Crippen molar-refractivity contribution >= 4 is 28.3 Å². The number of rotatable bonds is 8. The zero-order chi connectivity index (χ0) is 17.1. The first-order valence-corrected chi connectivity index (χ1v) is 9.38. The number of thiazole rings is 1. The fourth-order valence-electron chi connectivity index (χ4n) is 3.10. The summed E-state index contributed by atoms with van der Waals surface area (Å²) in [6, 6.07) is 0.175. The largest absolute Gasteiger partial charge is 0.480 e. The molecule has 3 N–H and O–H groups in total. The number of amides is 2. The lowest BCUT2D eigenvalue weighted by Gasteiger charge is -2.42. The Kier molecular flexibility index (Phi) is 5.35. The van der Waals surface area contributed by atoms with Crippen molar-refractivity contribution in [3.05, 3.63) is 11.2 Å². The SMILES string of the molecule is CCc1ncsc1NC(=O)NC1CC(N(CC(=O)O)CC2CC2)C1. The first-order valence-electron chi connectivity index (χ1n) is 8.50. The number of hydrogen-bond acceptors (Lipinski definition) is 5. The molecule has 132 valence electrons. The summed E-state index contributed by atoms with van der Waals surface area (Å²) in [5, 5.41) is 15.7. The van der Waals surface area contributed by atoms with Gasteiger partial charge in [-0.05, 0) is 38.0 Å². The molecule has 2 saturated carbocycles. The van der Waals surface area contributed by atoms with Crippen LogP contribution in [0.3, 0.4) is 0 Å². The maximum Gasteiger partial charge on any atom is 0.320 e. The Hall–Kier alpha value is -1.67. The number of nitrogens with one attached hydrogen (secondary N) is 2. The first-order chi connectivity index (χ1) is 11.5. The van der Waals surface area contributed by atoms with E-state index in [0.29, 0.717) is 5.92 Å². The minimum Gasteiger partial charge on any atom is -0.480 e. The fourth-order valence-corrected chi connectivity index (χ4v) is 3.87. The van der Waals surface area contributed by atoms with Gasteiger partial charge in [0.05, 0.1) is 17.7 Å². The third-order valence-electron chi connectivity index (χ3n) is 4.70. The highest BCUT2D eigenvalue weighted by molar-refractivity contribution is 7.14. The molecule has 0 radical (unpaired) electrons. The molecule has 8 heteroatoms. The molecular formula is C16H24N4O3S. The molecule has 1 heterocycles. The number of aromatic nitrogens is 1. The number of nitrogens with zero attached hydrogens (tertiary/aromatic N) is 2. The molecule has 0 saturated heterocycles. The fraction of sp³-hybridized carbons (Fsp3) is 0.688. The number of urea groups is 1. The van der Waals surface area contributed by atoms with Crippen molar-refractivity contribution < 1.29 is 14.7 Å². The maximum atomic E-state index is 12.1. The number of carbonyl (C=O) groups excluding carboxylic acids is 1. The van der Waals surface area contributed by atoms with Gasteiger partial charge in [0.15, 0.2) is 0 Å². The van der Waals surface area contributed by atoms with Crippen molar-refractivity contribution in [1.29, 1.82) is 0 Å². The third kappa shape index (κ3) is 4.45. The quantitative estimate of drug-likeness (QED) is 0.666. The number of carbonyl (C=O) groups is 2. The molecular weight excluding hydrogens is 328 g/mol. The standard InChI is InChI=1S/C16H24N4O3S/c1-2-13-15(24-9-17-13)19-16(23)18-11-5-12(6-11)20(8-14(21)22)7-10-3-4-10/h9-12H,2-8H2,1H3,(H,21,22)(H2,18,19,23). The van der Waals surface area contributed by atoms with Crippen LogP contribution in [0.1, 0.15) is 38.3 Å². The summed E-state index contributed by atoms with van der Waals surface area (Å²) in [7, 11) is 0. The van der Waals surface area contributed by atoms with E-state index in [2.05, 4.69) is 20.5 Å². The molecule has 0 atom stereocenters. The van der Waals surface area contributed by atoms with Gasteiger partial charge in [-0.15, -0.1) is 11.3 Å². The Balaban J connectivity index is 1.43. The van der Waals surface area contributed by atoms with Gasteiger partial charge in [0, 0.05) is 18.6 Å². The van der Waals surface area contributed by atoms with Crippen LogP contribution in [-0.4, -0.2) is 52.2 Å². The number of aliphatic carboxylic acids is 1. The predicted molar refractivity (Wildman–Crippen MR) is 92.4 cm³/mol. The van der Waals surface area contributed by atoms with Crippen molar-refractivity contribution in [2.75, 3.05) is 18.4 Å². The molecule has 1 aromatic heterocycles. The third-order valence-corrected chi connectivity index (χ3v) is 5.48. The zero-order valence-corrected chi connectivity index (χ0v) is 14.6. The van der Waals surface area contributed by atoms with Crippen molar-refractivity contribution in [3.63, 3.8) is 0 Å². The van der Waals surface area contributed by atoms with Crippen LogP contribution in [0.25, 0.3) is 0 Å². The maximum absolute atomic E-state index is 12.1. The molecule has 0 aromatic carbocycles. The van der Waals surface area contributed by atoms with Crippen LogP contribution in [-0.2, 0) is 11.2 Å². The van der Waals surface area contributed by atoms with Crippen molar-refractivity contribution in [2.24, 2.45) is 5.92 Å². The van der Waals surface area contributed by atoms with Crippen molar-refractivity contribution in [1.82, 2.24) is 15.2 Å². The highest BCUT2D eigenvalue weighted by atomic mass is 32.1. The van der Waals surface area contributed by atoms with Gasteiger partial charge in [0.25, 0.3) is 0 Å². The molecule has 7 nitrogen and oxygen atoms in total. The van der Waals surface area contributed by atoms with Crippen molar-refractivity contribution in [3.8, 4) is 0 Å². The van der Waals surface area contributed by atoms with Gasteiger partial charge < -0.3 is 10.4 Å². The molecule has 1 aromatic rings. The monoisotopic (exact) mass is 352 g/mol. The summed E-state index contributed by atoms with van der Waals surface area (Å²) < 4.78 is 0. The molecule has 24 heavy (non-hydrogen) atoms. The van der Waals surface area contributed by atoms with Gasteiger partial charge in [-0.25, -0.2) is 9.78 Å². The Bertz CT molecular complexity index is 596. The summed E-state index contributed by atoms with van der Waals surface area (Å²) in [6.45, 7) is 2.98. The van der Waals surface area contributed by atoms with Gasteiger partial charge in [-0.1, -0.05) is 6.92 Å². The number of carboxylic acids is 1. The van der Waals surface area contributed by atoms with E-state index in [1.165, 1.54) is 24.2 Å². The number of carboxylic acid groups (broad SMARTS) is 1. The van der Waals surface area contributed by atoms with Crippen LogP contribution < -0.4 is 10.6 Å². The molecule has 2 aliphatic carbocycles. The van der Waals surface area contributed by atoms with E-state index in [9.17, 15) is 9.59 Å². The highest BCUT2D eigenvalue weighted by Gasteiger charge is 2.37. The van der Waals surface area contributed by atoms with E-state index in [1.54, 1.807) is 5.51 Å². The van der Waals surface area contributed by atoms with Gasteiger partial charge in [0.2, 0.25) is 0 Å². The smallest absolute Gasteiger partial charge is 0.320 e. The molecule has 0 unspecified atom stereocenters. The number of hydrogen-bond donors (Lipinski definition) is 3. The Morgan fingerprint density at radius 2 is 2.17 bits per heavy atom. The molecule has 0 bridgehead atoms. The summed E-state index contributed by atoms with van der Waals surface area (Å²) in [5.41, 5.74) is 2.63. The molecule has 3 rings (SSSR count). The molecule has 0 aliphatic heterocycles. The van der Waals surface area contributed by atoms with Crippen LogP contribution >= 0.6 is 11.3 Å². The Morgan fingerprint density at radius 1 is 1.42 bits per heavy atom. The van der Waals surface area contributed by atoms with E-state index in [4.69, 9.17) is 5.11 Å². The van der Waals surface area contributed by atoms with E-state index < -0.39 is 5.97 Å². The second-order valence-corrected chi connectivity index (χ2v) is 7.52. The topological polar surface area (TPSA) is 94.6 Å². The second-order valence-electron chi connectivity index (χ2n) is 6.67. The van der Waals surface area contributed by atoms with Crippen LogP contribution in [0.15, 0.2) is 5.51 Å². The van der Waals surface area contributed by atoms with Crippen LogP contribution in [0, 0.1) is 5.92 Å². The van der Waals surface area contributed by atoms with Gasteiger partial charge in [-0.2, -0.15) is 0 Å². The van der Waals surface area contributed by atoms with Gasteiger partial charge >= 0.3 is 12.0 Å². The zero-order valence-electron chi connectivity index (χ0n) is 13.8. The van der Waals surface area contributed by atoms with E-state index >= 15 is 0 Å². The number of aryl methyl sites for hydroxylation is 1. The average Bonchev–Trinajstić information content (AvgIpc) is 3.18. The normalized spacial score (nSPS) is 22.9. The van der Waals surface area contributed by atoms with Gasteiger partial charge in [-0.3, -0.25) is 15.0 Å². The molecule has 0 spiro atoms. The summed E-state index contributed by atoms with van der Waals surface area (Å²) in [6.07, 6.45) is 4.84. The second kappa shape index (κ2) is 7.48. The Labute approximate surface area is 145 Å². The average molecular weight is 352 g/mol. The Morgan fingerprint density at radius 3 is 2.79 bits per heavy atom. The van der Waals surface area contributed by atoms with Crippen LogP contribution in [0.5, 0.6) is 0 Å². The lowest BCUT2D eigenvalue weighted by molar-refractivity contribution is -0.139. The van der Waals surface area contributed by atoms with E-state index in [-0.39, 0.29) is 24.7 Å². The molecule has 2 fully saturated rings. The van der Waals surface area contributed by atoms with Crippen LogP contribution in [0.2, 0.25) is 0 Å². The molecule has 2 amide bonds. The van der Waals surface area contributed by atoms with E-state index in [1.807, 2.05) is 6.92 Å².